The predicted molar refractivity (Wildman–Crippen MR) is 79.8 cm³/mol. The Morgan fingerprint density at radius 3 is 2.60 bits per heavy atom. The summed E-state index contributed by atoms with van der Waals surface area (Å²) in [5, 5.41) is 12.4. The van der Waals surface area contributed by atoms with Gasteiger partial charge in [0.25, 0.3) is 0 Å². The Bertz CT molecular complexity index is 429. The van der Waals surface area contributed by atoms with Crippen molar-refractivity contribution < 1.29 is 14.6 Å². The predicted octanol–water partition coefficient (Wildman–Crippen LogP) is 2.15. The summed E-state index contributed by atoms with van der Waals surface area (Å²) in [5.74, 6) is 0.817. The van der Waals surface area contributed by atoms with E-state index in [1.165, 1.54) is 0 Å². The van der Waals surface area contributed by atoms with Crippen molar-refractivity contribution in [3.8, 4) is 5.75 Å². The van der Waals surface area contributed by atoms with Gasteiger partial charge in [0, 0.05) is 6.54 Å². The van der Waals surface area contributed by atoms with Crippen LogP contribution in [0.4, 0.5) is 0 Å². The Kier molecular flexibility index (Phi) is 6.52. The summed E-state index contributed by atoms with van der Waals surface area (Å²) >= 11 is 0. The van der Waals surface area contributed by atoms with Gasteiger partial charge in [-0.05, 0) is 37.5 Å². The van der Waals surface area contributed by atoms with Gasteiger partial charge in [0.1, 0.15) is 5.75 Å². The molecule has 0 spiro atoms. The Morgan fingerprint density at radius 1 is 1.30 bits per heavy atom. The number of aliphatic hydroxyl groups excluding tert-OH is 1. The fraction of sp³-hybridized carbons (Fsp3) is 0.562. The van der Waals surface area contributed by atoms with E-state index in [-0.39, 0.29) is 17.9 Å². The lowest BCUT2D eigenvalue weighted by molar-refractivity contribution is -0.121. The molecule has 0 aliphatic heterocycles. The van der Waals surface area contributed by atoms with Crippen molar-refractivity contribution in [1.29, 1.82) is 0 Å². The van der Waals surface area contributed by atoms with Gasteiger partial charge in [-0.15, -0.1) is 0 Å². The average molecular weight is 279 g/mol. The standard InChI is InChI=1S/C16H25NO3/c1-11(2)15(18)10-17-16(19)9-13-6-5-7-14(8-13)20-12(3)4/h5-8,11-12,15,18H,9-10H2,1-4H3,(H,17,19). The Morgan fingerprint density at radius 2 is 2.00 bits per heavy atom. The first-order valence-corrected chi connectivity index (χ1v) is 7.09. The quantitative estimate of drug-likeness (QED) is 0.804. The number of rotatable bonds is 7. The zero-order chi connectivity index (χ0) is 15.1. The molecule has 1 aromatic rings. The van der Waals surface area contributed by atoms with E-state index in [1.54, 1.807) is 0 Å². The van der Waals surface area contributed by atoms with Crippen molar-refractivity contribution in [3.05, 3.63) is 29.8 Å². The van der Waals surface area contributed by atoms with Gasteiger partial charge in [0.05, 0.1) is 18.6 Å². The van der Waals surface area contributed by atoms with Gasteiger partial charge in [-0.1, -0.05) is 26.0 Å². The second kappa shape index (κ2) is 7.90. The third-order valence-corrected chi connectivity index (χ3v) is 2.91. The zero-order valence-corrected chi connectivity index (χ0v) is 12.7. The first-order chi connectivity index (χ1) is 9.38. The minimum atomic E-state index is -0.505. The van der Waals surface area contributed by atoms with Crippen LogP contribution in [0.5, 0.6) is 5.75 Å². The van der Waals surface area contributed by atoms with Crippen molar-refractivity contribution in [2.24, 2.45) is 5.92 Å². The van der Waals surface area contributed by atoms with Crippen LogP contribution in [0.15, 0.2) is 24.3 Å². The smallest absolute Gasteiger partial charge is 0.224 e. The summed E-state index contributed by atoms with van der Waals surface area (Å²) in [6.07, 6.45) is -0.102. The molecule has 1 unspecified atom stereocenters. The molecule has 4 nitrogen and oxygen atoms in total. The van der Waals surface area contributed by atoms with Crippen molar-refractivity contribution >= 4 is 5.91 Å². The molecule has 1 aromatic carbocycles. The molecule has 0 saturated carbocycles. The van der Waals surface area contributed by atoms with E-state index >= 15 is 0 Å². The second-order valence-corrected chi connectivity index (χ2v) is 5.61. The van der Waals surface area contributed by atoms with Crippen LogP contribution in [0.3, 0.4) is 0 Å². The molecule has 0 aromatic heterocycles. The highest BCUT2D eigenvalue weighted by molar-refractivity contribution is 5.78. The first kappa shape index (κ1) is 16.5. The Labute approximate surface area is 121 Å². The topological polar surface area (TPSA) is 58.6 Å². The van der Waals surface area contributed by atoms with Crippen LogP contribution in [0, 0.1) is 5.92 Å². The van der Waals surface area contributed by atoms with Crippen LogP contribution in [-0.4, -0.2) is 29.8 Å². The van der Waals surface area contributed by atoms with Crippen LogP contribution in [-0.2, 0) is 11.2 Å². The number of hydrogen-bond donors (Lipinski definition) is 2. The summed E-state index contributed by atoms with van der Waals surface area (Å²) in [7, 11) is 0. The molecule has 0 heterocycles. The van der Waals surface area contributed by atoms with Gasteiger partial charge >= 0.3 is 0 Å². The van der Waals surface area contributed by atoms with Gasteiger partial charge in [0.15, 0.2) is 0 Å². The number of carbonyl (C=O) groups excluding carboxylic acids is 1. The molecular formula is C16H25NO3. The normalized spacial score (nSPS) is 12.6. The molecule has 1 atom stereocenters. The minimum Gasteiger partial charge on any atom is -0.491 e. The maximum atomic E-state index is 11.8. The van der Waals surface area contributed by atoms with E-state index < -0.39 is 6.10 Å². The lowest BCUT2D eigenvalue weighted by Crippen LogP contribution is -2.35. The van der Waals surface area contributed by atoms with Gasteiger partial charge in [-0.2, -0.15) is 0 Å². The van der Waals surface area contributed by atoms with Crippen molar-refractivity contribution in [3.63, 3.8) is 0 Å². The molecule has 2 N–H and O–H groups in total. The van der Waals surface area contributed by atoms with Gasteiger partial charge < -0.3 is 15.2 Å². The first-order valence-electron chi connectivity index (χ1n) is 7.09. The van der Waals surface area contributed by atoms with E-state index in [9.17, 15) is 9.90 Å². The maximum absolute atomic E-state index is 11.8. The Balaban J connectivity index is 2.49. The summed E-state index contributed by atoms with van der Waals surface area (Å²) in [6.45, 7) is 8.06. The minimum absolute atomic E-state index is 0.0913. The average Bonchev–Trinajstić information content (AvgIpc) is 2.35. The molecule has 4 heteroatoms. The fourth-order valence-corrected chi connectivity index (χ4v) is 1.70. The number of ether oxygens (including phenoxy) is 1. The monoisotopic (exact) mass is 279 g/mol. The molecule has 112 valence electrons. The largest absolute Gasteiger partial charge is 0.491 e. The molecule has 0 saturated heterocycles. The lowest BCUT2D eigenvalue weighted by atomic mass is 10.1. The van der Waals surface area contributed by atoms with Gasteiger partial charge in [0.2, 0.25) is 5.91 Å². The van der Waals surface area contributed by atoms with Crippen molar-refractivity contribution in [1.82, 2.24) is 5.32 Å². The molecule has 0 bridgehead atoms. The number of nitrogens with one attached hydrogen (secondary N) is 1. The summed E-state index contributed by atoms with van der Waals surface area (Å²) in [6, 6.07) is 7.53. The molecule has 0 aliphatic rings. The van der Waals surface area contributed by atoms with E-state index in [0.717, 1.165) is 11.3 Å². The molecule has 0 aliphatic carbocycles. The lowest BCUT2D eigenvalue weighted by Gasteiger charge is -2.15. The van der Waals surface area contributed by atoms with Crippen molar-refractivity contribution in [2.45, 2.75) is 46.3 Å². The highest BCUT2D eigenvalue weighted by atomic mass is 16.5. The van der Waals surface area contributed by atoms with Crippen LogP contribution < -0.4 is 10.1 Å². The summed E-state index contributed by atoms with van der Waals surface area (Å²) < 4.78 is 5.59. The maximum Gasteiger partial charge on any atom is 0.224 e. The van der Waals surface area contributed by atoms with Gasteiger partial charge in [-0.25, -0.2) is 0 Å². The van der Waals surface area contributed by atoms with Crippen LogP contribution >= 0.6 is 0 Å². The van der Waals surface area contributed by atoms with Crippen LogP contribution in [0.2, 0.25) is 0 Å². The number of benzene rings is 1. The van der Waals surface area contributed by atoms with E-state index in [1.807, 2.05) is 52.0 Å². The fourth-order valence-electron chi connectivity index (χ4n) is 1.70. The van der Waals surface area contributed by atoms with Crippen LogP contribution in [0.25, 0.3) is 0 Å². The third kappa shape index (κ3) is 6.06. The third-order valence-electron chi connectivity index (χ3n) is 2.91. The van der Waals surface area contributed by atoms with E-state index in [2.05, 4.69) is 5.32 Å². The number of carbonyl (C=O) groups is 1. The Hall–Kier alpha value is -1.55. The summed E-state index contributed by atoms with van der Waals surface area (Å²) in [5.41, 5.74) is 0.902. The second-order valence-electron chi connectivity index (χ2n) is 5.61. The summed E-state index contributed by atoms with van der Waals surface area (Å²) in [4.78, 5) is 11.8. The highest BCUT2D eigenvalue weighted by Gasteiger charge is 2.11. The molecular weight excluding hydrogens is 254 g/mol. The van der Waals surface area contributed by atoms with Crippen LogP contribution in [0.1, 0.15) is 33.3 Å². The van der Waals surface area contributed by atoms with E-state index in [4.69, 9.17) is 4.74 Å². The number of aliphatic hydroxyl groups is 1. The van der Waals surface area contributed by atoms with Crippen molar-refractivity contribution in [2.75, 3.05) is 6.54 Å². The molecule has 1 rings (SSSR count). The zero-order valence-electron chi connectivity index (χ0n) is 12.7. The van der Waals surface area contributed by atoms with Gasteiger partial charge in [-0.3, -0.25) is 4.79 Å². The molecule has 0 fully saturated rings. The SMILES string of the molecule is CC(C)Oc1cccc(CC(=O)NCC(O)C(C)C)c1. The molecule has 1 amide bonds. The number of amides is 1. The molecule has 0 radical (unpaired) electrons. The van der Waals surface area contributed by atoms with E-state index in [0.29, 0.717) is 13.0 Å². The molecule has 20 heavy (non-hydrogen) atoms. The number of hydrogen-bond acceptors (Lipinski definition) is 3. The highest BCUT2D eigenvalue weighted by Crippen LogP contribution is 2.15.